The highest BCUT2D eigenvalue weighted by Gasteiger charge is 2.20. The van der Waals surface area contributed by atoms with Gasteiger partial charge in [0, 0.05) is 12.6 Å². The van der Waals surface area contributed by atoms with Crippen molar-refractivity contribution in [2.75, 3.05) is 13.2 Å². The quantitative estimate of drug-likeness (QED) is 0.512. The normalized spacial score (nSPS) is 12.0. The molecule has 0 saturated heterocycles. The SMILES string of the molecule is CCOC(=O)CCN(C(=O)/C=C/c1ccc(F)cc1)C(C)c1ccccc1. The Balaban J connectivity index is 2.15. The summed E-state index contributed by atoms with van der Waals surface area (Å²) in [6.07, 6.45) is 3.20. The third-order valence-electron chi connectivity index (χ3n) is 4.18. The van der Waals surface area contributed by atoms with E-state index in [9.17, 15) is 14.0 Å². The zero-order valence-electron chi connectivity index (χ0n) is 15.6. The van der Waals surface area contributed by atoms with Crippen molar-refractivity contribution in [1.29, 1.82) is 0 Å². The van der Waals surface area contributed by atoms with Gasteiger partial charge in [-0.1, -0.05) is 42.5 Å². The second-order valence-corrected chi connectivity index (χ2v) is 6.06. The molecule has 0 fully saturated rings. The predicted molar refractivity (Wildman–Crippen MR) is 103 cm³/mol. The molecule has 0 radical (unpaired) electrons. The first-order valence-corrected chi connectivity index (χ1v) is 8.96. The average Bonchev–Trinajstić information content (AvgIpc) is 2.68. The Morgan fingerprint density at radius 2 is 1.78 bits per heavy atom. The number of carbonyl (C=O) groups excluding carboxylic acids is 2. The lowest BCUT2D eigenvalue weighted by Gasteiger charge is -2.28. The van der Waals surface area contributed by atoms with Crippen LogP contribution in [0.3, 0.4) is 0 Å². The Bertz CT molecular complexity index is 772. The standard InChI is InChI=1S/C22H24FNO3/c1-3-27-22(26)15-16-24(17(2)19-7-5-4-6-8-19)21(25)14-11-18-9-12-20(23)13-10-18/h4-14,17H,3,15-16H2,1-2H3/b14-11+. The number of carbonyl (C=O) groups is 2. The number of ether oxygens (including phenoxy) is 1. The van der Waals surface area contributed by atoms with Gasteiger partial charge in [0.15, 0.2) is 0 Å². The van der Waals surface area contributed by atoms with Crippen molar-refractivity contribution in [2.45, 2.75) is 26.3 Å². The van der Waals surface area contributed by atoms with Crippen molar-refractivity contribution in [3.63, 3.8) is 0 Å². The highest BCUT2D eigenvalue weighted by Crippen LogP contribution is 2.21. The van der Waals surface area contributed by atoms with E-state index in [1.165, 1.54) is 18.2 Å². The van der Waals surface area contributed by atoms with E-state index in [-0.39, 0.29) is 36.7 Å². The first-order valence-electron chi connectivity index (χ1n) is 8.96. The molecule has 1 unspecified atom stereocenters. The summed E-state index contributed by atoms with van der Waals surface area (Å²) in [5.74, 6) is -0.884. The molecule has 2 aromatic rings. The molecule has 1 amide bonds. The third-order valence-corrected chi connectivity index (χ3v) is 4.18. The van der Waals surface area contributed by atoms with Gasteiger partial charge >= 0.3 is 5.97 Å². The van der Waals surface area contributed by atoms with E-state index in [0.29, 0.717) is 6.61 Å². The van der Waals surface area contributed by atoms with Crippen molar-refractivity contribution in [1.82, 2.24) is 4.90 Å². The zero-order valence-corrected chi connectivity index (χ0v) is 15.6. The van der Waals surface area contributed by atoms with Crippen LogP contribution in [-0.2, 0) is 14.3 Å². The van der Waals surface area contributed by atoms with Gasteiger partial charge in [0.2, 0.25) is 5.91 Å². The minimum Gasteiger partial charge on any atom is -0.466 e. The minimum atomic E-state index is -0.335. The summed E-state index contributed by atoms with van der Waals surface area (Å²) in [5, 5.41) is 0. The molecule has 0 aliphatic rings. The number of halogens is 1. The van der Waals surface area contributed by atoms with Crippen LogP contribution >= 0.6 is 0 Å². The van der Waals surface area contributed by atoms with Gasteiger partial charge in [-0.15, -0.1) is 0 Å². The maximum Gasteiger partial charge on any atom is 0.307 e. The molecule has 0 aliphatic carbocycles. The van der Waals surface area contributed by atoms with Crippen molar-refractivity contribution in [3.05, 3.63) is 77.6 Å². The van der Waals surface area contributed by atoms with E-state index in [1.807, 2.05) is 37.3 Å². The Hall–Kier alpha value is -2.95. The van der Waals surface area contributed by atoms with Gasteiger partial charge in [0.1, 0.15) is 5.82 Å². The monoisotopic (exact) mass is 369 g/mol. The van der Waals surface area contributed by atoms with Crippen molar-refractivity contribution >= 4 is 18.0 Å². The maximum atomic E-state index is 13.0. The number of esters is 1. The number of nitrogens with zero attached hydrogens (tertiary/aromatic N) is 1. The van der Waals surface area contributed by atoms with Gasteiger partial charge in [-0.2, -0.15) is 0 Å². The van der Waals surface area contributed by atoms with Gasteiger partial charge in [-0.05, 0) is 43.2 Å². The van der Waals surface area contributed by atoms with Crippen LogP contribution < -0.4 is 0 Å². The van der Waals surface area contributed by atoms with E-state index in [2.05, 4.69) is 0 Å². The van der Waals surface area contributed by atoms with Gasteiger partial charge in [0.25, 0.3) is 0 Å². The average molecular weight is 369 g/mol. The molecular weight excluding hydrogens is 345 g/mol. The van der Waals surface area contributed by atoms with E-state index in [0.717, 1.165) is 11.1 Å². The summed E-state index contributed by atoms with van der Waals surface area (Å²) in [6.45, 7) is 4.23. The predicted octanol–water partition coefficient (Wildman–Crippen LogP) is 4.38. The Kier molecular flexibility index (Phi) is 7.74. The van der Waals surface area contributed by atoms with Crippen LogP contribution in [0.5, 0.6) is 0 Å². The number of benzene rings is 2. The van der Waals surface area contributed by atoms with Crippen LogP contribution in [0.25, 0.3) is 6.08 Å². The fourth-order valence-corrected chi connectivity index (χ4v) is 2.69. The fourth-order valence-electron chi connectivity index (χ4n) is 2.69. The Morgan fingerprint density at radius 1 is 1.11 bits per heavy atom. The molecule has 2 aromatic carbocycles. The molecule has 0 heterocycles. The number of hydrogen-bond acceptors (Lipinski definition) is 3. The van der Waals surface area contributed by atoms with Gasteiger partial charge in [-0.3, -0.25) is 9.59 Å². The first-order chi connectivity index (χ1) is 13.0. The molecule has 1 atom stereocenters. The van der Waals surface area contributed by atoms with E-state index in [1.54, 1.807) is 30.0 Å². The number of amides is 1. The molecule has 0 saturated carbocycles. The highest BCUT2D eigenvalue weighted by atomic mass is 19.1. The van der Waals surface area contributed by atoms with Crippen molar-refractivity contribution in [2.24, 2.45) is 0 Å². The maximum absolute atomic E-state index is 13.0. The summed E-state index contributed by atoms with van der Waals surface area (Å²) in [6, 6.07) is 15.3. The van der Waals surface area contributed by atoms with Crippen LogP contribution in [-0.4, -0.2) is 29.9 Å². The van der Waals surface area contributed by atoms with Crippen LogP contribution in [0, 0.1) is 5.82 Å². The van der Waals surface area contributed by atoms with Crippen LogP contribution in [0.2, 0.25) is 0 Å². The fraction of sp³-hybridized carbons (Fsp3) is 0.273. The molecule has 4 nitrogen and oxygen atoms in total. The lowest BCUT2D eigenvalue weighted by Crippen LogP contribution is -2.34. The number of hydrogen-bond donors (Lipinski definition) is 0. The summed E-state index contributed by atoms with van der Waals surface area (Å²) in [7, 11) is 0. The molecule has 0 spiro atoms. The summed E-state index contributed by atoms with van der Waals surface area (Å²) < 4.78 is 18.0. The molecule has 27 heavy (non-hydrogen) atoms. The minimum absolute atomic E-state index is 0.126. The second kappa shape index (κ2) is 10.3. The lowest BCUT2D eigenvalue weighted by molar-refractivity contribution is -0.144. The topological polar surface area (TPSA) is 46.6 Å². The molecule has 0 bridgehead atoms. The summed E-state index contributed by atoms with van der Waals surface area (Å²) >= 11 is 0. The zero-order chi connectivity index (χ0) is 19.6. The third kappa shape index (κ3) is 6.37. The second-order valence-electron chi connectivity index (χ2n) is 6.06. The van der Waals surface area contributed by atoms with E-state index in [4.69, 9.17) is 4.74 Å². The van der Waals surface area contributed by atoms with Crippen molar-refractivity contribution in [3.8, 4) is 0 Å². The van der Waals surface area contributed by atoms with E-state index >= 15 is 0 Å². The summed E-state index contributed by atoms with van der Waals surface area (Å²) in [5.41, 5.74) is 1.70. The van der Waals surface area contributed by atoms with Gasteiger partial charge < -0.3 is 9.64 Å². The van der Waals surface area contributed by atoms with Crippen LogP contribution in [0.15, 0.2) is 60.7 Å². The number of rotatable bonds is 8. The molecule has 0 N–H and O–H groups in total. The van der Waals surface area contributed by atoms with Crippen molar-refractivity contribution < 1.29 is 18.7 Å². The molecule has 142 valence electrons. The lowest BCUT2D eigenvalue weighted by atomic mass is 10.1. The first kappa shape index (κ1) is 20.4. The molecule has 0 aromatic heterocycles. The Morgan fingerprint density at radius 3 is 2.41 bits per heavy atom. The van der Waals surface area contributed by atoms with Gasteiger partial charge in [-0.25, -0.2) is 4.39 Å². The molecule has 5 heteroatoms. The smallest absolute Gasteiger partial charge is 0.307 e. The van der Waals surface area contributed by atoms with Gasteiger partial charge in [0.05, 0.1) is 19.1 Å². The Labute approximate surface area is 159 Å². The largest absolute Gasteiger partial charge is 0.466 e. The van der Waals surface area contributed by atoms with Crippen LogP contribution in [0.1, 0.15) is 37.4 Å². The highest BCUT2D eigenvalue weighted by molar-refractivity contribution is 5.92. The van der Waals surface area contributed by atoms with Crippen LogP contribution in [0.4, 0.5) is 4.39 Å². The molecule has 0 aliphatic heterocycles. The molecule has 2 rings (SSSR count). The molecular formula is C22H24FNO3. The summed E-state index contributed by atoms with van der Waals surface area (Å²) in [4.78, 5) is 26.1. The van der Waals surface area contributed by atoms with E-state index < -0.39 is 0 Å².